The maximum Gasteiger partial charge on any atom is 0.180 e. The fourth-order valence-corrected chi connectivity index (χ4v) is 1.73. The van der Waals surface area contributed by atoms with E-state index in [9.17, 15) is 0 Å². The average molecular weight is 184 g/mol. The van der Waals surface area contributed by atoms with E-state index in [2.05, 4.69) is 4.98 Å². The van der Waals surface area contributed by atoms with E-state index >= 15 is 0 Å². The third-order valence-corrected chi connectivity index (χ3v) is 2.88. The third-order valence-electron chi connectivity index (χ3n) is 2.08. The van der Waals surface area contributed by atoms with E-state index in [1.165, 1.54) is 30.6 Å². The molecule has 0 radical (unpaired) electrons. The lowest BCUT2D eigenvalue weighted by atomic mass is 9.96. The van der Waals surface area contributed by atoms with Crippen LogP contribution in [-0.4, -0.2) is 11.1 Å². The summed E-state index contributed by atoms with van der Waals surface area (Å²) >= 11 is 1.51. The maximum atomic E-state index is 5.59. The Balaban J connectivity index is 1.79. The number of hydrogen-bond donors (Lipinski definition) is 1. The number of nitrogen functional groups attached to an aromatic ring is 1. The van der Waals surface area contributed by atoms with Crippen molar-refractivity contribution in [3.63, 3.8) is 0 Å². The standard InChI is InChI=1S/C8H12N2OS/c9-8-10-4-7(12-8)5-11-6-2-1-3-6/h4,6H,1-3,5H2,(H2,9,10). The molecule has 1 aromatic heterocycles. The van der Waals surface area contributed by atoms with Gasteiger partial charge in [0.2, 0.25) is 0 Å². The highest BCUT2D eigenvalue weighted by molar-refractivity contribution is 7.15. The van der Waals surface area contributed by atoms with Crippen LogP contribution >= 0.6 is 11.3 Å². The highest BCUT2D eigenvalue weighted by Gasteiger charge is 2.17. The quantitative estimate of drug-likeness (QED) is 0.779. The molecule has 1 saturated carbocycles. The summed E-state index contributed by atoms with van der Waals surface area (Å²) in [5.74, 6) is 0. The summed E-state index contributed by atoms with van der Waals surface area (Å²) in [5, 5.41) is 0.627. The fourth-order valence-electron chi connectivity index (χ4n) is 1.13. The van der Waals surface area contributed by atoms with Crippen molar-refractivity contribution < 1.29 is 4.74 Å². The van der Waals surface area contributed by atoms with Gasteiger partial charge in [0.05, 0.1) is 17.6 Å². The van der Waals surface area contributed by atoms with E-state index in [-0.39, 0.29) is 0 Å². The first-order valence-corrected chi connectivity index (χ1v) is 4.98. The molecule has 0 atom stereocenters. The molecule has 1 fully saturated rings. The first-order chi connectivity index (χ1) is 5.84. The zero-order valence-corrected chi connectivity index (χ0v) is 7.64. The van der Waals surface area contributed by atoms with Crippen LogP contribution in [-0.2, 0) is 11.3 Å². The minimum Gasteiger partial charge on any atom is -0.375 e. The van der Waals surface area contributed by atoms with Crippen molar-refractivity contribution in [3.8, 4) is 0 Å². The molecule has 3 nitrogen and oxygen atoms in total. The van der Waals surface area contributed by atoms with Gasteiger partial charge in [0.15, 0.2) is 5.13 Å². The van der Waals surface area contributed by atoms with Gasteiger partial charge < -0.3 is 10.5 Å². The van der Waals surface area contributed by atoms with Gasteiger partial charge in [-0.2, -0.15) is 0 Å². The normalized spacial score (nSPS) is 17.7. The number of ether oxygens (including phenoxy) is 1. The monoisotopic (exact) mass is 184 g/mol. The Morgan fingerprint density at radius 1 is 1.67 bits per heavy atom. The van der Waals surface area contributed by atoms with E-state index in [1.54, 1.807) is 6.20 Å². The van der Waals surface area contributed by atoms with Crippen molar-refractivity contribution >= 4 is 16.5 Å². The number of hydrogen-bond acceptors (Lipinski definition) is 4. The van der Waals surface area contributed by atoms with Crippen LogP contribution in [0.2, 0.25) is 0 Å². The van der Waals surface area contributed by atoms with Crippen LogP contribution in [0.1, 0.15) is 24.1 Å². The molecular weight excluding hydrogens is 172 g/mol. The van der Waals surface area contributed by atoms with Crippen LogP contribution in [0.25, 0.3) is 0 Å². The van der Waals surface area contributed by atoms with Crippen molar-refractivity contribution in [1.82, 2.24) is 4.98 Å². The largest absolute Gasteiger partial charge is 0.375 e. The first kappa shape index (κ1) is 8.01. The summed E-state index contributed by atoms with van der Waals surface area (Å²) in [6.07, 6.45) is 6.03. The van der Waals surface area contributed by atoms with Crippen molar-refractivity contribution in [3.05, 3.63) is 11.1 Å². The lowest BCUT2D eigenvalue weighted by molar-refractivity contribution is -0.00750. The van der Waals surface area contributed by atoms with Crippen LogP contribution in [0.15, 0.2) is 6.20 Å². The summed E-state index contributed by atoms with van der Waals surface area (Å²) < 4.78 is 5.59. The Morgan fingerprint density at radius 2 is 2.50 bits per heavy atom. The summed E-state index contributed by atoms with van der Waals surface area (Å²) in [4.78, 5) is 5.08. The lowest BCUT2D eigenvalue weighted by Gasteiger charge is -2.24. The molecule has 0 aliphatic heterocycles. The number of rotatable bonds is 3. The molecule has 2 N–H and O–H groups in total. The second-order valence-corrected chi connectivity index (χ2v) is 4.18. The molecule has 1 heterocycles. The SMILES string of the molecule is Nc1ncc(COC2CCC2)s1. The summed E-state index contributed by atoms with van der Waals surface area (Å²) in [6.45, 7) is 0.680. The molecule has 0 spiro atoms. The fraction of sp³-hybridized carbons (Fsp3) is 0.625. The molecular formula is C8H12N2OS. The predicted molar refractivity (Wildman–Crippen MR) is 49.0 cm³/mol. The molecule has 1 aliphatic carbocycles. The smallest absolute Gasteiger partial charge is 0.180 e. The van der Waals surface area contributed by atoms with Gasteiger partial charge in [-0.25, -0.2) is 4.98 Å². The Labute approximate surface area is 75.6 Å². The molecule has 0 bridgehead atoms. The van der Waals surface area contributed by atoms with E-state index < -0.39 is 0 Å². The van der Waals surface area contributed by atoms with Crippen LogP contribution < -0.4 is 5.73 Å². The molecule has 2 rings (SSSR count). The molecule has 1 aromatic rings. The molecule has 0 amide bonds. The first-order valence-electron chi connectivity index (χ1n) is 4.16. The van der Waals surface area contributed by atoms with Crippen molar-refractivity contribution in [1.29, 1.82) is 0 Å². The van der Waals surface area contributed by atoms with Gasteiger partial charge in [-0.15, -0.1) is 0 Å². The lowest BCUT2D eigenvalue weighted by Crippen LogP contribution is -2.20. The minimum absolute atomic E-state index is 0.494. The Morgan fingerprint density at radius 3 is 3.00 bits per heavy atom. The Kier molecular flexibility index (Phi) is 2.28. The maximum absolute atomic E-state index is 5.59. The minimum atomic E-state index is 0.494. The van der Waals surface area contributed by atoms with Gasteiger partial charge in [-0.05, 0) is 19.3 Å². The number of anilines is 1. The van der Waals surface area contributed by atoms with Gasteiger partial charge in [0.1, 0.15) is 0 Å². The zero-order valence-electron chi connectivity index (χ0n) is 6.82. The van der Waals surface area contributed by atoms with Crippen molar-refractivity contribution in [2.45, 2.75) is 32.0 Å². The van der Waals surface area contributed by atoms with Gasteiger partial charge in [-0.1, -0.05) is 11.3 Å². The van der Waals surface area contributed by atoms with E-state index in [0.29, 0.717) is 17.8 Å². The van der Waals surface area contributed by atoms with Gasteiger partial charge in [-0.3, -0.25) is 0 Å². The van der Waals surface area contributed by atoms with Crippen molar-refractivity contribution in [2.75, 3.05) is 5.73 Å². The second kappa shape index (κ2) is 3.41. The highest BCUT2D eigenvalue weighted by Crippen LogP contribution is 2.24. The van der Waals surface area contributed by atoms with Crippen molar-refractivity contribution in [2.24, 2.45) is 0 Å². The van der Waals surface area contributed by atoms with Gasteiger partial charge in [0, 0.05) is 6.20 Å². The average Bonchev–Trinajstić information content (AvgIpc) is 2.32. The molecule has 1 aliphatic rings. The van der Waals surface area contributed by atoms with E-state index in [4.69, 9.17) is 10.5 Å². The molecule has 12 heavy (non-hydrogen) atoms. The van der Waals surface area contributed by atoms with Crippen LogP contribution in [0, 0.1) is 0 Å². The molecule has 0 saturated heterocycles. The number of aromatic nitrogens is 1. The molecule has 0 unspecified atom stereocenters. The molecule has 0 aromatic carbocycles. The van der Waals surface area contributed by atoms with Gasteiger partial charge in [0.25, 0.3) is 0 Å². The number of nitrogens with zero attached hydrogens (tertiary/aromatic N) is 1. The van der Waals surface area contributed by atoms with Crippen LogP contribution in [0.5, 0.6) is 0 Å². The predicted octanol–water partition coefficient (Wildman–Crippen LogP) is 1.79. The summed E-state index contributed by atoms with van der Waals surface area (Å²) in [5.41, 5.74) is 5.48. The van der Waals surface area contributed by atoms with Crippen LogP contribution in [0.4, 0.5) is 5.13 Å². The third kappa shape index (κ3) is 1.76. The van der Waals surface area contributed by atoms with E-state index in [0.717, 1.165) is 4.88 Å². The molecule has 4 heteroatoms. The summed E-state index contributed by atoms with van der Waals surface area (Å²) in [7, 11) is 0. The Hall–Kier alpha value is -0.610. The van der Waals surface area contributed by atoms with Crippen LogP contribution in [0.3, 0.4) is 0 Å². The zero-order chi connectivity index (χ0) is 8.39. The summed E-state index contributed by atoms with van der Waals surface area (Å²) in [6, 6.07) is 0. The molecule has 66 valence electrons. The highest BCUT2D eigenvalue weighted by atomic mass is 32.1. The number of nitrogens with two attached hydrogens (primary N) is 1. The Bertz CT molecular complexity index is 257. The van der Waals surface area contributed by atoms with E-state index in [1.807, 2.05) is 0 Å². The topological polar surface area (TPSA) is 48.1 Å². The number of thiazole rings is 1. The second-order valence-electron chi connectivity index (χ2n) is 3.03. The van der Waals surface area contributed by atoms with Gasteiger partial charge >= 0.3 is 0 Å².